The molecular weight excluding hydrogens is 650 g/mol. The molecule has 0 N–H and O–H groups in total. The van der Waals surface area contributed by atoms with Crippen LogP contribution in [0.4, 0.5) is 0 Å². The summed E-state index contributed by atoms with van der Waals surface area (Å²) in [5.74, 6) is 0. The number of nitrogens with zero attached hydrogens (tertiary/aromatic N) is 1. The van der Waals surface area contributed by atoms with Crippen LogP contribution >= 0.6 is 18.6 Å². The molecule has 0 saturated carbocycles. The van der Waals surface area contributed by atoms with Crippen molar-refractivity contribution < 1.29 is 4.43 Å². The van der Waals surface area contributed by atoms with E-state index in [1.807, 2.05) is 0 Å². The Hall–Kier alpha value is -3.92. The van der Waals surface area contributed by atoms with Gasteiger partial charge in [-0.2, -0.15) is 0 Å². The van der Waals surface area contributed by atoms with Crippen LogP contribution < -0.4 is 26.3 Å². The molecule has 0 fully saturated rings. The first-order chi connectivity index (χ1) is 23.7. The first kappa shape index (κ1) is 34.9. The predicted octanol–water partition coefficient (Wildman–Crippen LogP) is 9.18. The van der Waals surface area contributed by atoms with Crippen molar-refractivity contribution in [2.45, 2.75) is 52.2 Å². The highest BCUT2D eigenvalue weighted by molar-refractivity contribution is 7.95. The van der Waals surface area contributed by atoms with Gasteiger partial charge >= 0.3 is 0 Å². The Labute approximate surface area is 299 Å². The lowest BCUT2D eigenvalue weighted by atomic mass is 10.1. The summed E-state index contributed by atoms with van der Waals surface area (Å²) in [6, 6.07) is 55.7. The van der Waals surface area contributed by atoms with E-state index in [0.29, 0.717) is 0 Å². The lowest BCUT2D eigenvalue weighted by molar-refractivity contribution is 0.219. The van der Waals surface area contributed by atoms with E-state index in [2.05, 4.69) is 198 Å². The fourth-order valence-corrected chi connectivity index (χ4v) is 16.9. The molecule has 0 unspecified atom stereocenters. The van der Waals surface area contributed by atoms with E-state index in [-0.39, 0.29) is 11.1 Å². The molecule has 1 aromatic heterocycles. The molecule has 0 bridgehead atoms. The molecule has 0 saturated heterocycles. The summed E-state index contributed by atoms with van der Waals surface area (Å²) in [4.78, 5) is 4.85. The van der Waals surface area contributed by atoms with Gasteiger partial charge in [-0.3, -0.25) is 0 Å². The highest BCUT2D eigenvalue weighted by atomic mass is 32.1. The van der Waals surface area contributed by atoms with Crippen LogP contribution in [-0.2, 0) is 4.43 Å². The Bertz CT molecular complexity index is 1800. The second kappa shape index (κ2) is 15.3. The maximum atomic E-state index is 7.98. The van der Waals surface area contributed by atoms with Crippen molar-refractivity contribution in [3.05, 3.63) is 173 Å². The van der Waals surface area contributed by atoms with Gasteiger partial charge in [0.25, 0.3) is 8.32 Å². The van der Waals surface area contributed by atoms with E-state index in [4.69, 9.17) is 9.41 Å². The summed E-state index contributed by atoms with van der Waals surface area (Å²) in [6.45, 7) is 11.4. The predicted molar refractivity (Wildman–Crippen MR) is 218 cm³/mol. The van der Waals surface area contributed by atoms with E-state index in [1.54, 1.807) is 11.3 Å². The van der Waals surface area contributed by atoms with E-state index in [1.165, 1.54) is 31.9 Å². The minimum absolute atomic E-state index is 0.135. The maximum Gasteiger partial charge on any atom is 0.261 e. The molecule has 0 amide bonds. The van der Waals surface area contributed by atoms with Crippen LogP contribution in [0.5, 0.6) is 0 Å². The molecule has 5 aromatic carbocycles. The molecule has 1 heterocycles. The summed E-state index contributed by atoms with van der Waals surface area (Å²) >= 11 is 1.70. The third-order valence-corrected chi connectivity index (χ3v) is 19.9. The van der Waals surface area contributed by atoms with Crippen molar-refractivity contribution in [2.75, 3.05) is 6.16 Å². The largest absolute Gasteiger partial charge is 0.401 e. The molecule has 0 radical (unpaired) electrons. The SMILES string of the molecule is CC(=Cc1csc(C)n1)[C@@H](CC[P+](c1ccccc1)(c1ccccc1)c1ccccc1)O[Si](c1ccccc1)(c1ccccc1)C(C)(C)C. The summed E-state index contributed by atoms with van der Waals surface area (Å²) in [5.41, 5.74) is 2.22. The van der Waals surface area contributed by atoms with Gasteiger partial charge in [0.2, 0.25) is 0 Å². The van der Waals surface area contributed by atoms with Gasteiger partial charge in [0.15, 0.2) is 0 Å². The molecule has 0 aliphatic heterocycles. The molecule has 0 aliphatic carbocycles. The minimum atomic E-state index is -2.87. The van der Waals surface area contributed by atoms with Crippen LogP contribution in [-0.4, -0.2) is 25.6 Å². The zero-order valence-corrected chi connectivity index (χ0v) is 32.0. The second-order valence-corrected chi connectivity index (χ2v) is 22.7. The number of hydrogen-bond donors (Lipinski definition) is 0. The molecule has 5 heteroatoms. The van der Waals surface area contributed by atoms with Crippen LogP contribution in [0.25, 0.3) is 6.08 Å². The Morgan fingerprint density at radius 2 is 1.10 bits per heavy atom. The monoisotopic (exact) mass is 696 g/mol. The molecule has 49 heavy (non-hydrogen) atoms. The van der Waals surface area contributed by atoms with E-state index in [0.717, 1.165) is 23.3 Å². The maximum absolute atomic E-state index is 7.98. The standard InChI is InChI=1S/C44H47NOPSSi/c1-35(33-37-34-48-36(2)45-37)43(46-49(44(3,4)5,41-27-17-9-18-28-41)42-29-19-10-20-30-42)31-32-47(38-21-11-6-12-22-38,39-23-13-7-14-24-39)40-25-15-8-16-26-40/h6-30,33-34,43H,31-32H2,1-5H3/q+1/t43-/m1/s1. The van der Waals surface area contributed by atoms with Gasteiger partial charge in [0.1, 0.15) is 23.2 Å². The highest BCUT2D eigenvalue weighted by Gasteiger charge is 2.52. The van der Waals surface area contributed by atoms with E-state index < -0.39 is 15.6 Å². The molecule has 0 spiro atoms. The normalized spacial score (nSPS) is 13.3. The van der Waals surface area contributed by atoms with Crippen molar-refractivity contribution >= 4 is 59.3 Å². The number of benzene rings is 5. The molecule has 0 aliphatic rings. The van der Waals surface area contributed by atoms with Gasteiger partial charge < -0.3 is 4.43 Å². The second-order valence-electron chi connectivity index (χ2n) is 13.8. The quantitative estimate of drug-likeness (QED) is 0.0941. The molecule has 248 valence electrons. The van der Waals surface area contributed by atoms with Crippen molar-refractivity contribution in [2.24, 2.45) is 0 Å². The number of rotatable bonds is 12. The number of aryl methyl sites for hydroxylation is 1. The third kappa shape index (κ3) is 7.34. The first-order valence-electron chi connectivity index (χ1n) is 17.2. The smallest absolute Gasteiger partial charge is 0.261 e. The summed E-state index contributed by atoms with van der Waals surface area (Å²) < 4.78 is 7.98. The van der Waals surface area contributed by atoms with Crippen LogP contribution in [0.2, 0.25) is 5.04 Å². The first-order valence-corrected chi connectivity index (χ1v) is 21.9. The fourth-order valence-electron chi connectivity index (χ4n) is 7.25. The van der Waals surface area contributed by atoms with Crippen LogP contribution in [0.3, 0.4) is 0 Å². The Morgan fingerprint density at radius 1 is 0.694 bits per heavy atom. The van der Waals surface area contributed by atoms with Gasteiger partial charge in [-0.15, -0.1) is 11.3 Å². The topological polar surface area (TPSA) is 22.1 Å². The minimum Gasteiger partial charge on any atom is -0.401 e. The molecular formula is C44H47NOPSSi+. The molecule has 6 rings (SSSR count). The molecule has 2 nitrogen and oxygen atoms in total. The van der Waals surface area contributed by atoms with Crippen molar-refractivity contribution in [3.8, 4) is 0 Å². The zero-order valence-electron chi connectivity index (χ0n) is 29.3. The number of aromatic nitrogens is 1. The summed E-state index contributed by atoms with van der Waals surface area (Å²) in [7, 11) is -4.95. The Balaban J connectivity index is 1.55. The van der Waals surface area contributed by atoms with Crippen molar-refractivity contribution in [3.63, 3.8) is 0 Å². The summed E-state index contributed by atoms with van der Waals surface area (Å²) in [5, 5.41) is 9.88. The van der Waals surface area contributed by atoms with Crippen LogP contribution in [0, 0.1) is 6.92 Å². The fraction of sp³-hybridized carbons (Fsp3) is 0.205. The van der Waals surface area contributed by atoms with E-state index >= 15 is 0 Å². The van der Waals surface area contributed by atoms with Gasteiger partial charge in [-0.25, -0.2) is 4.98 Å². The van der Waals surface area contributed by atoms with Gasteiger partial charge in [0.05, 0.1) is 23.0 Å². The van der Waals surface area contributed by atoms with Crippen LogP contribution in [0.1, 0.15) is 44.8 Å². The lowest BCUT2D eigenvalue weighted by Crippen LogP contribution is -2.67. The highest BCUT2D eigenvalue weighted by Crippen LogP contribution is 2.56. The lowest BCUT2D eigenvalue weighted by Gasteiger charge is -2.45. The average Bonchev–Trinajstić information content (AvgIpc) is 3.55. The molecule has 6 aromatic rings. The third-order valence-electron chi connectivity index (χ3n) is 9.57. The van der Waals surface area contributed by atoms with Gasteiger partial charge in [-0.1, -0.05) is 136 Å². The van der Waals surface area contributed by atoms with Crippen LogP contribution in [0.15, 0.2) is 163 Å². The Kier molecular flexibility index (Phi) is 10.9. The summed E-state index contributed by atoms with van der Waals surface area (Å²) in [6.07, 6.45) is 3.96. The van der Waals surface area contributed by atoms with Gasteiger partial charge in [-0.05, 0) is 77.3 Å². The van der Waals surface area contributed by atoms with E-state index in [9.17, 15) is 0 Å². The zero-order chi connectivity index (χ0) is 34.3. The number of hydrogen-bond acceptors (Lipinski definition) is 3. The molecule has 1 atom stereocenters. The van der Waals surface area contributed by atoms with Crippen molar-refractivity contribution in [1.82, 2.24) is 4.98 Å². The Morgan fingerprint density at radius 3 is 1.47 bits per heavy atom. The number of thiazole rings is 1. The van der Waals surface area contributed by atoms with Crippen molar-refractivity contribution in [1.29, 1.82) is 0 Å². The average molecular weight is 697 g/mol. The van der Waals surface area contributed by atoms with Gasteiger partial charge in [0, 0.05) is 11.8 Å².